The lowest BCUT2D eigenvalue weighted by Gasteiger charge is -2.42. The highest BCUT2D eigenvalue weighted by Gasteiger charge is 2.48. The highest BCUT2D eigenvalue weighted by Crippen LogP contribution is 2.23. The number of hydrogen-bond acceptors (Lipinski definition) is 8. The largest absolute Gasteiger partial charge is 0.481 e. The maximum atomic E-state index is 11.0. The van der Waals surface area contributed by atoms with E-state index in [0.29, 0.717) is 0 Å². The first kappa shape index (κ1) is 17.8. The van der Waals surface area contributed by atoms with Crippen LogP contribution in [-0.2, 0) is 14.3 Å². The molecule has 0 aromatic rings. The Morgan fingerprint density at radius 3 is 2.43 bits per heavy atom. The average molecular weight is 309 g/mol. The molecule has 0 spiro atoms. The van der Waals surface area contributed by atoms with Crippen molar-refractivity contribution in [3.63, 3.8) is 0 Å². The van der Waals surface area contributed by atoms with Gasteiger partial charge in [0.25, 0.3) is 0 Å². The molecule has 10 heteroatoms. The number of nitrogens with one attached hydrogen (secondary N) is 1. The molecule has 0 amide bonds. The number of aliphatic hydroxyl groups excluding tert-OH is 3. The third-order valence-electron chi connectivity index (χ3n) is 3.23. The van der Waals surface area contributed by atoms with E-state index >= 15 is 0 Å². The predicted octanol–water partition coefficient (Wildman–Crippen LogP) is -3.30. The van der Waals surface area contributed by atoms with E-state index in [2.05, 4.69) is 5.32 Å². The minimum Gasteiger partial charge on any atom is -0.481 e. The summed E-state index contributed by atoms with van der Waals surface area (Å²) in [5.74, 6) is -4.78. The molecule has 5 atom stereocenters. The van der Waals surface area contributed by atoms with E-state index in [1.54, 1.807) is 0 Å². The maximum Gasteiger partial charge on any atom is 0.320 e. The molecule has 1 saturated heterocycles. The number of carbonyl (C=O) groups is 2. The van der Waals surface area contributed by atoms with Gasteiger partial charge in [-0.15, -0.1) is 0 Å². The molecule has 0 saturated carbocycles. The molecular formula is C11H19NO9. The number of hydrogen-bond donors (Lipinski definition) is 7. The van der Waals surface area contributed by atoms with E-state index in [-0.39, 0.29) is 6.42 Å². The molecule has 1 unspecified atom stereocenters. The molecule has 1 fully saturated rings. The van der Waals surface area contributed by atoms with Crippen molar-refractivity contribution in [1.29, 1.82) is 0 Å². The molecule has 122 valence electrons. The highest BCUT2D eigenvalue weighted by molar-refractivity contribution is 5.75. The molecule has 1 heterocycles. The quantitative estimate of drug-likeness (QED) is 0.252. The molecular weight excluding hydrogens is 290 g/mol. The van der Waals surface area contributed by atoms with Crippen LogP contribution < -0.4 is 5.32 Å². The smallest absolute Gasteiger partial charge is 0.320 e. The van der Waals surface area contributed by atoms with Crippen molar-refractivity contribution < 1.29 is 45.0 Å². The second kappa shape index (κ2) is 7.11. The zero-order valence-corrected chi connectivity index (χ0v) is 11.0. The van der Waals surface area contributed by atoms with E-state index in [4.69, 9.17) is 14.9 Å². The molecule has 1 aliphatic rings. The molecule has 0 aromatic carbocycles. The van der Waals surface area contributed by atoms with Crippen molar-refractivity contribution in [2.45, 2.75) is 43.0 Å². The Bertz CT molecular complexity index is 390. The number of aliphatic carboxylic acids is 2. The van der Waals surface area contributed by atoms with Gasteiger partial charge in [-0.05, 0) is 6.42 Å². The van der Waals surface area contributed by atoms with Crippen LogP contribution >= 0.6 is 0 Å². The van der Waals surface area contributed by atoms with Crippen molar-refractivity contribution in [1.82, 2.24) is 5.32 Å². The fraction of sp³-hybridized carbons (Fsp3) is 0.818. The second-order valence-electron chi connectivity index (χ2n) is 4.86. The molecule has 1 rings (SSSR count). The zero-order chi connectivity index (χ0) is 16.2. The topological polar surface area (TPSA) is 177 Å². The molecule has 0 aromatic heterocycles. The summed E-state index contributed by atoms with van der Waals surface area (Å²) in [6.45, 7) is -1.00. The summed E-state index contributed by atoms with van der Waals surface area (Å²) >= 11 is 0. The van der Waals surface area contributed by atoms with Crippen molar-refractivity contribution in [3.05, 3.63) is 0 Å². The minimum absolute atomic E-state index is 0.234. The van der Waals surface area contributed by atoms with Gasteiger partial charge in [-0.3, -0.25) is 14.9 Å². The van der Waals surface area contributed by atoms with Crippen LogP contribution in [-0.4, -0.2) is 85.9 Å². The van der Waals surface area contributed by atoms with Gasteiger partial charge in [0.15, 0.2) is 0 Å². The lowest BCUT2D eigenvalue weighted by atomic mass is 9.96. The highest BCUT2D eigenvalue weighted by atomic mass is 16.6. The second-order valence-corrected chi connectivity index (χ2v) is 4.86. The zero-order valence-electron chi connectivity index (χ0n) is 11.0. The Morgan fingerprint density at radius 1 is 1.29 bits per heavy atom. The van der Waals surface area contributed by atoms with Gasteiger partial charge in [0, 0.05) is 6.42 Å². The van der Waals surface area contributed by atoms with Gasteiger partial charge in [0.1, 0.15) is 24.4 Å². The van der Waals surface area contributed by atoms with Crippen LogP contribution in [0.4, 0.5) is 0 Å². The number of carboxylic acids is 2. The number of rotatable bonds is 7. The monoisotopic (exact) mass is 309 g/mol. The van der Waals surface area contributed by atoms with Gasteiger partial charge in [-0.1, -0.05) is 0 Å². The third-order valence-corrected chi connectivity index (χ3v) is 3.23. The Kier molecular flexibility index (Phi) is 6.01. The lowest BCUT2D eigenvalue weighted by molar-refractivity contribution is -0.318. The van der Waals surface area contributed by atoms with Crippen molar-refractivity contribution in [2.24, 2.45) is 0 Å². The number of aliphatic hydroxyl groups is 4. The van der Waals surface area contributed by atoms with Crippen LogP contribution in [0.1, 0.15) is 12.8 Å². The lowest BCUT2D eigenvalue weighted by Crippen LogP contribution is -2.65. The first-order valence-electron chi connectivity index (χ1n) is 6.26. The number of ether oxygens (including phenoxy) is 1. The molecule has 0 radical (unpaired) electrons. The summed E-state index contributed by atoms with van der Waals surface area (Å²) < 4.78 is 4.84. The molecule has 10 nitrogen and oxygen atoms in total. The van der Waals surface area contributed by atoms with Gasteiger partial charge < -0.3 is 35.4 Å². The Hall–Kier alpha value is -1.30. The standard InChI is InChI=1S/C11H19NO9/c13-6-3-21-11(20,9(17)8(6)16)4-12-5(10(18)19)1-2-7(14)15/h5-6,8-9,12-13,16-17,20H,1-4H2,(H,14,15)(H,18,19)/t5-,6+,8-,9+,11?/m0/s1. The first-order chi connectivity index (χ1) is 9.67. The van der Waals surface area contributed by atoms with Gasteiger partial charge in [-0.25, -0.2) is 0 Å². The molecule has 1 aliphatic heterocycles. The molecule has 21 heavy (non-hydrogen) atoms. The SMILES string of the molecule is O=C(O)CC[C@H](NCC1(O)OC[C@@H](O)[C@H](O)[C@H]1O)C(=O)O. The van der Waals surface area contributed by atoms with E-state index in [1.807, 2.05) is 0 Å². The van der Waals surface area contributed by atoms with Gasteiger partial charge in [-0.2, -0.15) is 0 Å². The van der Waals surface area contributed by atoms with Crippen LogP contribution in [0.5, 0.6) is 0 Å². The van der Waals surface area contributed by atoms with Crippen LogP contribution in [0.25, 0.3) is 0 Å². The van der Waals surface area contributed by atoms with Crippen LogP contribution in [0, 0.1) is 0 Å². The average Bonchev–Trinajstić information content (AvgIpc) is 2.40. The van der Waals surface area contributed by atoms with Crippen LogP contribution in [0.15, 0.2) is 0 Å². The summed E-state index contributed by atoms with van der Waals surface area (Å²) in [7, 11) is 0. The first-order valence-corrected chi connectivity index (χ1v) is 6.26. The third kappa shape index (κ3) is 4.59. The minimum atomic E-state index is -2.28. The molecule has 0 aliphatic carbocycles. The van der Waals surface area contributed by atoms with E-state index in [0.717, 1.165) is 0 Å². The van der Waals surface area contributed by atoms with E-state index in [1.165, 1.54) is 0 Å². The fourth-order valence-corrected chi connectivity index (χ4v) is 1.90. The summed E-state index contributed by atoms with van der Waals surface area (Å²) in [6.07, 6.45) is -5.49. The maximum absolute atomic E-state index is 11.0. The summed E-state index contributed by atoms with van der Waals surface area (Å²) in [5, 5.41) is 58.2. The number of carboxylic acid groups (broad SMARTS) is 2. The summed E-state index contributed by atoms with van der Waals surface area (Å²) in [4.78, 5) is 21.4. The van der Waals surface area contributed by atoms with E-state index < -0.39 is 61.7 Å². The van der Waals surface area contributed by atoms with Gasteiger partial charge in [0.05, 0.1) is 13.2 Å². The van der Waals surface area contributed by atoms with Crippen molar-refractivity contribution >= 4 is 11.9 Å². The normalized spacial score (nSPS) is 34.4. The van der Waals surface area contributed by atoms with Gasteiger partial charge in [0.2, 0.25) is 5.79 Å². The van der Waals surface area contributed by atoms with Crippen LogP contribution in [0.2, 0.25) is 0 Å². The Balaban J connectivity index is 2.61. The summed E-state index contributed by atoms with van der Waals surface area (Å²) in [5.41, 5.74) is 0. The Morgan fingerprint density at radius 2 is 1.90 bits per heavy atom. The van der Waals surface area contributed by atoms with Crippen molar-refractivity contribution in [3.8, 4) is 0 Å². The summed E-state index contributed by atoms with van der Waals surface area (Å²) in [6, 6.07) is -1.27. The fourth-order valence-electron chi connectivity index (χ4n) is 1.90. The predicted molar refractivity (Wildman–Crippen MR) is 65.2 cm³/mol. The Labute approximate surface area is 119 Å². The van der Waals surface area contributed by atoms with Crippen LogP contribution in [0.3, 0.4) is 0 Å². The van der Waals surface area contributed by atoms with Gasteiger partial charge >= 0.3 is 11.9 Å². The van der Waals surface area contributed by atoms with Crippen molar-refractivity contribution in [2.75, 3.05) is 13.2 Å². The molecule has 0 bridgehead atoms. The van der Waals surface area contributed by atoms with E-state index in [9.17, 15) is 30.0 Å². The molecule has 7 N–H and O–H groups in total.